The molecule has 1 aromatic heterocycles. The lowest BCUT2D eigenvalue weighted by atomic mass is 9.84. The van der Waals surface area contributed by atoms with Crippen molar-refractivity contribution < 1.29 is 0 Å². The van der Waals surface area contributed by atoms with Crippen LogP contribution in [0.4, 0.5) is 0 Å². The third kappa shape index (κ3) is 8.23. The minimum Gasteiger partial charge on any atom is -0.310 e. The average Bonchev–Trinajstić information content (AvgIpc) is 3.32. The first-order chi connectivity index (χ1) is 41.1. The summed E-state index contributed by atoms with van der Waals surface area (Å²) in [4.78, 5) is 5.65. The van der Waals surface area contributed by atoms with Gasteiger partial charge in [-0.2, -0.15) is 0 Å². The Morgan fingerprint density at radius 2 is 0.916 bits per heavy atom. The largest absolute Gasteiger partial charge is 0.310 e. The number of allylic oxidation sites excluding steroid dienone is 13. The van der Waals surface area contributed by atoms with E-state index in [-0.39, 0.29) is 5.41 Å². The number of rotatable bonds is 10. The van der Waals surface area contributed by atoms with Crippen molar-refractivity contribution in [2.24, 2.45) is 5.41 Å². The summed E-state index contributed by atoms with van der Waals surface area (Å²) in [6.07, 6.45) is 24.8. The van der Waals surface area contributed by atoms with Gasteiger partial charge in [-0.1, -0.05) is 267 Å². The summed E-state index contributed by atoms with van der Waals surface area (Å²) in [5, 5.41) is 1.34. The molecule has 83 heavy (non-hydrogen) atoms. The molecule has 1 nitrogen and oxygen atoms in total. The third-order valence-electron chi connectivity index (χ3n) is 18.3. The molecule has 2 atom stereocenters. The number of aromatic nitrogens is 1. The maximum atomic E-state index is 2.61. The molecule has 1 fully saturated rings. The van der Waals surface area contributed by atoms with E-state index >= 15 is 0 Å². The Morgan fingerprint density at radius 1 is 0.410 bits per heavy atom. The number of hydrogen-bond donors (Lipinski definition) is 0. The van der Waals surface area contributed by atoms with E-state index in [0.717, 1.165) is 19.3 Å². The second kappa shape index (κ2) is 20.1. The van der Waals surface area contributed by atoms with E-state index in [1.54, 1.807) is 0 Å². The number of hydrogen-bond acceptors (Lipinski definition) is 0. The van der Waals surface area contributed by atoms with Crippen molar-refractivity contribution in [3.63, 3.8) is 0 Å². The fourth-order valence-electron chi connectivity index (χ4n) is 14.0. The number of fused-ring (bicyclic) bond motifs is 7. The molecule has 394 valence electrons. The van der Waals surface area contributed by atoms with E-state index in [2.05, 4.69) is 320 Å². The van der Waals surface area contributed by atoms with Crippen LogP contribution >= 0.6 is 10.0 Å². The summed E-state index contributed by atoms with van der Waals surface area (Å²) in [6, 6.07) is 97.0. The van der Waals surface area contributed by atoms with Crippen LogP contribution < -0.4 is 0 Å². The molecular formula is C81H59NS. The second-order valence-corrected chi connectivity index (χ2v) is 25.8. The molecule has 10 aromatic carbocycles. The van der Waals surface area contributed by atoms with Crippen LogP contribution in [0, 0.1) is 5.41 Å². The Bertz CT molecular complexity index is 4510. The third-order valence-corrected chi connectivity index (χ3v) is 22.3. The van der Waals surface area contributed by atoms with Gasteiger partial charge in [0, 0.05) is 37.1 Å². The van der Waals surface area contributed by atoms with E-state index in [9.17, 15) is 0 Å². The SMILES string of the molecule is C1=CC(c2ccc(-c3ccccc3)cc2)=CC=C(C23C=Cc4c(c5cc(-c6ccc(-c7ccc(-c8ccccc8)cc7)cc6)ccc5n4-c4ccc5c(c4)S(c4ccccc4)(c4ccccc4)C4=C5C=CC(c5ccccc5)=CC4)C2C3)C1. The maximum Gasteiger partial charge on any atom is 0.0538 e. The average molecular weight is 1080 g/mol. The molecule has 11 aromatic rings. The van der Waals surface area contributed by atoms with Gasteiger partial charge < -0.3 is 4.57 Å². The first-order valence-corrected chi connectivity index (χ1v) is 30.9. The van der Waals surface area contributed by atoms with Crippen LogP contribution in [0.15, 0.2) is 335 Å². The lowest BCUT2D eigenvalue weighted by Crippen LogP contribution is -2.09. The van der Waals surface area contributed by atoms with Gasteiger partial charge >= 0.3 is 0 Å². The zero-order chi connectivity index (χ0) is 54.9. The fraction of sp³-hybridized carbons (Fsp3) is 0.0617. The standard InChI is InChI=1S/C81H59NS/c1-6-17-56(18-7-1)60-29-33-62(34-30-60)59-23-16-24-68(45-41-59)81-52-51-77-80(75(81)55-81)74-53-67(66-39-37-64(38-40-66)63-35-31-61(32-36-63)57-19-8-2-9-20-57)43-49-76(74)82(77)69-46-48-73-72-47-42-65(58-21-10-3-11-22-58)44-50-78(72)83(79(73)54-69,70-25-12-4-13-26-70)71-27-14-5-15-28-71/h1-23,25-49,51-54,75H,24,50,55H2. The van der Waals surface area contributed by atoms with Gasteiger partial charge in [0.25, 0.3) is 0 Å². The molecule has 4 aliphatic carbocycles. The topological polar surface area (TPSA) is 4.93 Å². The van der Waals surface area contributed by atoms with Crippen molar-refractivity contribution in [2.45, 2.75) is 39.9 Å². The summed E-state index contributed by atoms with van der Waals surface area (Å²) < 4.78 is 2.61. The van der Waals surface area contributed by atoms with E-state index < -0.39 is 10.0 Å². The molecule has 0 saturated heterocycles. The molecule has 16 rings (SSSR count). The van der Waals surface area contributed by atoms with Crippen LogP contribution in [0.1, 0.15) is 53.1 Å². The van der Waals surface area contributed by atoms with Gasteiger partial charge in [-0.25, -0.2) is 0 Å². The van der Waals surface area contributed by atoms with Crippen LogP contribution in [-0.4, -0.2) is 4.57 Å². The molecule has 0 radical (unpaired) electrons. The quantitative estimate of drug-likeness (QED) is 0.129. The van der Waals surface area contributed by atoms with Crippen LogP contribution in [0.3, 0.4) is 0 Å². The maximum absolute atomic E-state index is 2.61. The monoisotopic (exact) mass is 1080 g/mol. The zero-order valence-electron chi connectivity index (χ0n) is 46.1. The summed E-state index contributed by atoms with van der Waals surface area (Å²) in [5.74, 6) is 0.351. The Hall–Kier alpha value is -9.73. The minimum absolute atomic E-state index is 0.0505. The van der Waals surface area contributed by atoms with Crippen LogP contribution in [-0.2, 0) is 0 Å². The van der Waals surface area contributed by atoms with Crippen LogP contribution in [0.5, 0.6) is 0 Å². The predicted octanol–water partition coefficient (Wildman–Crippen LogP) is 21.8. The fourth-order valence-corrected chi connectivity index (χ4v) is 18.4. The number of nitrogens with zero attached hydrogens (tertiary/aromatic N) is 1. The lowest BCUT2D eigenvalue weighted by Gasteiger charge is -2.41. The smallest absolute Gasteiger partial charge is 0.0538 e. The lowest BCUT2D eigenvalue weighted by molar-refractivity contribution is 0.719. The Morgan fingerprint density at radius 3 is 1.51 bits per heavy atom. The van der Waals surface area contributed by atoms with Gasteiger partial charge in [-0.05, 0) is 162 Å². The van der Waals surface area contributed by atoms with Crippen molar-refractivity contribution in [2.75, 3.05) is 0 Å². The molecule has 5 aliphatic rings. The minimum atomic E-state index is -1.91. The first-order valence-electron chi connectivity index (χ1n) is 29.2. The highest BCUT2D eigenvalue weighted by Crippen LogP contribution is 2.80. The summed E-state index contributed by atoms with van der Waals surface area (Å²) in [6.45, 7) is 0. The molecule has 0 amide bonds. The Labute approximate surface area is 488 Å². The van der Waals surface area contributed by atoms with E-state index in [4.69, 9.17) is 0 Å². The van der Waals surface area contributed by atoms with Gasteiger partial charge in [0.1, 0.15) is 0 Å². The van der Waals surface area contributed by atoms with E-state index in [1.165, 1.54) is 131 Å². The molecule has 0 bridgehead atoms. The molecular weight excluding hydrogens is 1020 g/mol. The molecule has 0 N–H and O–H groups in total. The number of benzene rings is 10. The highest BCUT2D eigenvalue weighted by molar-refractivity contribution is 8.37. The van der Waals surface area contributed by atoms with Gasteiger partial charge in [-0.15, -0.1) is 10.0 Å². The molecule has 1 aliphatic heterocycles. The van der Waals surface area contributed by atoms with Crippen molar-refractivity contribution in [1.29, 1.82) is 0 Å². The summed E-state index contributed by atoms with van der Waals surface area (Å²) in [7, 11) is -1.91. The highest BCUT2D eigenvalue weighted by Gasteiger charge is 2.58. The van der Waals surface area contributed by atoms with Gasteiger partial charge in [0.2, 0.25) is 0 Å². The van der Waals surface area contributed by atoms with Crippen molar-refractivity contribution in [1.82, 2.24) is 4.57 Å². The van der Waals surface area contributed by atoms with Crippen molar-refractivity contribution >= 4 is 43.7 Å². The predicted molar refractivity (Wildman–Crippen MR) is 350 cm³/mol. The van der Waals surface area contributed by atoms with E-state index in [0.29, 0.717) is 5.92 Å². The normalized spacial score (nSPS) is 18.4. The zero-order valence-corrected chi connectivity index (χ0v) is 46.9. The molecule has 2 heteroatoms. The van der Waals surface area contributed by atoms with Gasteiger partial charge in [-0.3, -0.25) is 0 Å². The van der Waals surface area contributed by atoms with Crippen molar-refractivity contribution in [3.8, 4) is 50.2 Å². The molecule has 1 saturated carbocycles. The Kier molecular flexibility index (Phi) is 11.9. The van der Waals surface area contributed by atoms with E-state index in [1.807, 2.05) is 0 Å². The molecule has 0 spiro atoms. The second-order valence-electron chi connectivity index (χ2n) is 22.7. The molecule has 2 heterocycles. The van der Waals surface area contributed by atoms with Crippen LogP contribution in [0.25, 0.3) is 83.9 Å². The van der Waals surface area contributed by atoms with Gasteiger partial charge in [0.05, 0.1) is 11.2 Å². The Balaban J connectivity index is 0.825. The highest BCUT2D eigenvalue weighted by atomic mass is 32.3. The first kappa shape index (κ1) is 49.1. The van der Waals surface area contributed by atoms with Crippen molar-refractivity contribution in [3.05, 3.63) is 348 Å². The molecule has 2 unspecified atom stereocenters. The summed E-state index contributed by atoms with van der Waals surface area (Å²) in [5.41, 5.74) is 24.2. The summed E-state index contributed by atoms with van der Waals surface area (Å²) >= 11 is 0. The van der Waals surface area contributed by atoms with Crippen LogP contribution in [0.2, 0.25) is 0 Å². The van der Waals surface area contributed by atoms with Gasteiger partial charge in [0.15, 0.2) is 0 Å².